The van der Waals surface area contributed by atoms with E-state index in [1.165, 1.54) is 6.26 Å². The molecule has 1 aromatic heterocycles. The molecule has 0 radical (unpaired) electrons. The van der Waals surface area contributed by atoms with Crippen molar-refractivity contribution < 1.29 is 4.52 Å². The Bertz CT molecular complexity index is 259. The van der Waals surface area contributed by atoms with Gasteiger partial charge in [-0.25, -0.2) is 5.01 Å². The molecule has 72 valence electrons. The van der Waals surface area contributed by atoms with Gasteiger partial charge in [-0.1, -0.05) is 5.16 Å². The van der Waals surface area contributed by atoms with Crippen LogP contribution in [0.1, 0.15) is 5.69 Å². The smallest absolute Gasteiger partial charge is 0.181 e. The highest BCUT2D eigenvalue weighted by atomic mass is 32.1. The van der Waals surface area contributed by atoms with Crippen LogP contribution in [0.2, 0.25) is 0 Å². The van der Waals surface area contributed by atoms with Gasteiger partial charge in [-0.3, -0.25) is 5.43 Å². The lowest BCUT2D eigenvalue weighted by molar-refractivity contribution is 0.359. The van der Waals surface area contributed by atoms with Crippen molar-refractivity contribution in [1.82, 2.24) is 20.9 Å². The molecule has 0 aliphatic rings. The van der Waals surface area contributed by atoms with Crippen LogP contribution in [0, 0.1) is 0 Å². The molecule has 6 heteroatoms. The minimum Gasteiger partial charge on any atom is -0.364 e. The van der Waals surface area contributed by atoms with Crippen LogP contribution in [-0.4, -0.2) is 29.4 Å². The van der Waals surface area contributed by atoms with Crippen LogP contribution in [0.4, 0.5) is 0 Å². The van der Waals surface area contributed by atoms with E-state index in [2.05, 4.69) is 20.4 Å². The summed E-state index contributed by atoms with van der Waals surface area (Å²) < 4.78 is 4.66. The molecule has 0 fully saturated rings. The van der Waals surface area contributed by atoms with Gasteiger partial charge in [-0.05, 0) is 12.2 Å². The second kappa shape index (κ2) is 4.78. The molecule has 1 aromatic rings. The maximum atomic E-state index is 4.98. The van der Waals surface area contributed by atoms with Crippen molar-refractivity contribution in [1.29, 1.82) is 0 Å². The van der Waals surface area contributed by atoms with Gasteiger partial charge in [-0.2, -0.15) is 0 Å². The van der Waals surface area contributed by atoms with Gasteiger partial charge in [-0.15, -0.1) is 0 Å². The van der Waals surface area contributed by atoms with E-state index in [4.69, 9.17) is 12.2 Å². The zero-order valence-corrected chi connectivity index (χ0v) is 8.39. The lowest BCUT2D eigenvalue weighted by Crippen LogP contribution is -2.42. The van der Waals surface area contributed by atoms with Crippen molar-refractivity contribution >= 4 is 17.3 Å². The van der Waals surface area contributed by atoms with Gasteiger partial charge in [0.05, 0.1) is 6.54 Å². The highest BCUT2D eigenvalue weighted by Crippen LogP contribution is 1.92. The molecule has 0 saturated carbocycles. The van der Waals surface area contributed by atoms with Crippen molar-refractivity contribution in [3.05, 3.63) is 18.0 Å². The fraction of sp³-hybridized carbons (Fsp3) is 0.429. The Hall–Kier alpha value is -1.14. The molecular weight excluding hydrogens is 188 g/mol. The van der Waals surface area contributed by atoms with Gasteiger partial charge < -0.3 is 9.84 Å². The summed E-state index contributed by atoms with van der Waals surface area (Å²) in [5, 5.41) is 9.03. The quantitative estimate of drug-likeness (QED) is 0.534. The summed E-state index contributed by atoms with van der Waals surface area (Å²) in [6.07, 6.45) is 1.53. The molecule has 5 nitrogen and oxygen atoms in total. The number of hydrogen-bond acceptors (Lipinski definition) is 4. The van der Waals surface area contributed by atoms with E-state index in [0.29, 0.717) is 11.7 Å². The number of thiocarbonyl (C=S) groups is 1. The van der Waals surface area contributed by atoms with E-state index >= 15 is 0 Å². The summed E-state index contributed by atoms with van der Waals surface area (Å²) in [5.74, 6) is 0. The number of hydrogen-bond donors (Lipinski definition) is 2. The second-order valence-electron chi connectivity index (χ2n) is 2.68. The molecule has 0 saturated heterocycles. The van der Waals surface area contributed by atoms with Crippen LogP contribution in [0.3, 0.4) is 0 Å². The lowest BCUT2D eigenvalue weighted by Gasteiger charge is -2.14. The van der Waals surface area contributed by atoms with E-state index in [1.807, 2.05) is 14.1 Å². The van der Waals surface area contributed by atoms with E-state index in [1.54, 1.807) is 11.1 Å². The van der Waals surface area contributed by atoms with Crippen LogP contribution >= 0.6 is 12.2 Å². The predicted octanol–water partition coefficient (Wildman–Crippen LogP) is 0.115. The van der Waals surface area contributed by atoms with Gasteiger partial charge in [0.2, 0.25) is 0 Å². The van der Waals surface area contributed by atoms with Crippen LogP contribution in [0.25, 0.3) is 0 Å². The molecule has 13 heavy (non-hydrogen) atoms. The molecular formula is C7H12N4OS. The summed E-state index contributed by atoms with van der Waals surface area (Å²) in [4.78, 5) is 0. The van der Waals surface area contributed by atoms with Crippen molar-refractivity contribution in [3.8, 4) is 0 Å². The van der Waals surface area contributed by atoms with Crippen LogP contribution < -0.4 is 10.7 Å². The molecule has 1 rings (SSSR count). The first-order valence-electron chi connectivity index (χ1n) is 3.79. The minimum absolute atomic E-state index is 0.563. The largest absolute Gasteiger partial charge is 0.364 e. The maximum Gasteiger partial charge on any atom is 0.181 e. The second-order valence-corrected chi connectivity index (χ2v) is 3.09. The predicted molar refractivity (Wildman–Crippen MR) is 52.8 cm³/mol. The van der Waals surface area contributed by atoms with Crippen molar-refractivity contribution in [3.63, 3.8) is 0 Å². The first kappa shape index (κ1) is 9.94. The van der Waals surface area contributed by atoms with Gasteiger partial charge in [0.1, 0.15) is 12.0 Å². The lowest BCUT2D eigenvalue weighted by atomic mass is 10.4. The normalized spacial score (nSPS) is 10.1. The highest BCUT2D eigenvalue weighted by molar-refractivity contribution is 7.80. The van der Waals surface area contributed by atoms with Crippen molar-refractivity contribution in [2.45, 2.75) is 6.54 Å². The van der Waals surface area contributed by atoms with Crippen molar-refractivity contribution in [2.24, 2.45) is 0 Å². The molecule has 1 heterocycles. The Labute approximate surface area is 82.0 Å². The monoisotopic (exact) mass is 200 g/mol. The van der Waals surface area contributed by atoms with Gasteiger partial charge in [0.25, 0.3) is 0 Å². The zero-order chi connectivity index (χ0) is 9.68. The minimum atomic E-state index is 0.563. The van der Waals surface area contributed by atoms with Gasteiger partial charge >= 0.3 is 0 Å². The van der Waals surface area contributed by atoms with E-state index in [-0.39, 0.29) is 0 Å². The van der Waals surface area contributed by atoms with Gasteiger partial charge in [0.15, 0.2) is 5.11 Å². The Morgan fingerprint density at radius 3 is 3.00 bits per heavy atom. The summed E-state index contributed by atoms with van der Waals surface area (Å²) in [7, 11) is 3.73. The topological polar surface area (TPSA) is 53.3 Å². The van der Waals surface area contributed by atoms with E-state index < -0.39 is 0 Å². The average Bonchev–Trinajstić information content (AvgIpc) is 2.51. The standard InChI is InChI=1S/C7H12N4OS/c1-11(2)9-7(13)8-5-6-3-4-12-10-6/h3-4H,5H2,1-2H3,(H2,8,9,13). The number of rotatable bonds is 3. The summed E-state index contributed by atoms with van der Waals surface area (Å²) in [6.45, 7) is 0.566. The third-order valence-corrected chi connectivity index (χ3v) is 1.48. The summed E-state index contributed by atoms with van der Waals surface area (Å²) in [6, 6.07) is 1.78. The molecule has 0 aliphatic carbocycles. The average molecular weight is 200 g/mol. The van der Waals surface area contributed by atoms with Crippen LogP contribution in [0.5, 0.6) is 0 Å². The molecule has 0 bridgehead atoms. The summed E-state index contributed by atoms with van der Waals surface area (Å²) in [5.41, 5.74) is 3.72. The molecule has 0 aliphatic heterocycles. The molecule has 0 amide bonds. The molecule has 0 spiro atoms. The first-order chi connectivity index (χ1) is 6.18. The van der Waals surface area contributed by atoms with Gasteiger partial charge in [0, 0.05) is 20.2 Å². The molecule has 2 N–H and O–H groups in total. The Balaban J connectivity index is 2.23. The molecule has 0 unspecified atom stereocenters. The Morgan fingerprint density at radius 1 is 1.69 bits per heavy atom. The van der Waals surface area contributed by atoms with E-state index in [0.717, 1.165) is 5.69 Å². The van der Waals surface area contributed by atoms with Crippen LogP contribution in [-0.2, 0) is 6.54 Å². The van der Waals surface area contributed by atoms with E-state index in [9.17, 15) is 0 Å². The van der Waals surface area contributed by atoms with Crippen molar-refractivity contribution in [2.75, 3.05) is 14.1 Å². The number of nitrogens with one attached hydrogen (secondary N) is 2. The fourth-order valence-corrected chi connectivity index (χ4v) is 0.997. The molecule has 0 atom stereocenters. The fourth-order valence-electron chi connectivity index (χ4n) is 0.742. The number of hydrazine groups is 1. The Morgan fingerprint density at radius 2 is 2.46 bits per heavy atom. The Kier molecular flexibility index (Phi) is 3.66. The van der Waals surface area contributed by atoms with Crippen LogP contribution in [0.15, 0.2) is 16.9 Å². The third kappa shape index (κ3) is 3.86. The number of aromatic nitrogens is 1. The number of nitrogens with zero attached hydrogens (tertiary/aromatic N) is 2. The highest BCUT2D eigenvalue weighted by Gasteiger charge is 1.98. The third-order valence-electron chi connectivity index (χ3n) is 1.25. The first-order valence-corrected chi connectivity index (χ1v) is 4.20. The maximum absolute atomic E-state index is 4.98. The zero-order valence-electron chi connectivity index (χ0n) is 7.57. The molecule has 0 aromatic carbocycles. The summed E-state index contributed by atoms with van der Waals surface area (Å²) >= 11 is 4.98. The SMILES string of the molecule is CN(C)NC(=S)NCc1ccon1.